The average Bonchev–Trinajstić information content (AvgIpc) is 3.19. The van der Waals surface area contributed by atoms with Gasteiger partial charge in [0.25, 0.3) is 0 Å². The molecule has 0 unspecified atom stereocenters. The number of fused-ring (bicyclic) bond motifs is 4. The molecule has 0 amide bonds. The standard InChI is InChI=1S/C26H16F2.C14H8Br2.C6H6BFO2.HI/c27-19-9-5-7-17(15-19)25-21-11-1-2-12-22(21)26(18-8-6-10-20(28)16-18)24-14-4-3-13-23(24)25;15-13-9-5-1-2-6-10(9)14(16)12-8-4-3-7-11(12)13;8-6-3-1-2-5(4-6)7(9)10;/h1-16H;1-8H;1-4,9-10H;1H. The number of rotatable bonds is 3. The molecule has 0 aliphatic rings. The van der Waals surface area contributed by atoms with Gasteiger partial charge < -0.3 is 10.0 Å². The van der Waals surface area contributed by atoms with E-state index in [4.69, 9.17) is 10.0 Å². The van der Waals surface area contributed by atoms with Gasteiger partial charge in [0.05, 0.1) is 0 Å². The van der Waals surface area contributed by atoms with Crippen molar-refractivity contribution in [2.75, 3.05) is 0 Å². The largest absolute Gasteiger partial charge is 0.488 e. The molecule has 9 rings (SSSR count). The van der Waals surface area contributed by atoms with E-state index in [-0.39, 0.29) is 41.1 Å². The summed E-state index contributed by atoms with van der Waals surface area (Å²) in [5, 5.41) is 26.1. The highest BCUT2D eigenvalue weighted by molar-refractivity contribution is 14.0. The summed E-state index contributed by atoms with van der Waals surface area (Å²) in [6.07, 6.45) is 0. The van der Waals surface area contributed by atoms with Gasteiger partial charge in [0.1, 0.15) is 17.5 Å². The minimum atomic E-state index is -1.59. The van der Waals surface area contributed by atoms with Crippen molar-refractivity contribution in [1.29, 1.82) is 0 Å². The number of hydrogen-bond donors (Lipinski definition) is 2. The smallest absolute Gasteiger partial charge is 0.423 e. The summed E-state index contributed by atoms with van der Waals surface area (Å²) in [7, 11) is -1.59. The molecule has 9 aromatic rings. The predicted molar refractivity (Wildman–Crippen MR) is 241 cm³/mol. The first kappa shape index (κ1) is 40.2. The second-order valence-electron chi connectivity index (χ2n) is 12.5. The highest BCUT2D eigenvalue weighted by Gasteiger charge is 2.17. The van der Waals surface area contributed by atoms with Crippen LogP contribution in [0.1, 0.15) is 0 Å². The molecular formula is C46H31BBr2F3IO2. The van der Waals surface area contributed by atoms with E-state index in [1.807, 2.05) is 60.7 Å². The van der Waals surface area contributed by atoms with Gasteiger partial charge in [-0.1, -0.05) is 133 Å². The zero-order valence-corrected chi connectivity index (χ0v) is 34.4. The Labute approximate surface area is 350 Å². The van der Waals surface area contributed by atoms with Crippen molar-refractivity contribution in [3.05, 3.63) is 196 Å². The summed E-state index contributed by atoms with van der Waals surface area (Å²) >= 11 is 7.39. The maximum absolute atomic E-state index is 14.0. The minimum absolute atomic E-state index is 0. The maximum Gasteiger partial charge on any atom is 0.488 e. The van der Waals surface area contributed by atoms with Crippen molar-refractivity contribution in [2.24, 2.45) is 0 Å². The van der Waals surface area contributed by atoms with Gasteiger partial charge in [0.15, 0.2) is 0 Å². The lowest BCUT2D eigenvalue weighted by Gasteiger charge is -2.17. The summed E-state index contributed by atoms with van der Waals surface area (Å²) in [5.41, 5.74) is 3.81. The summed E-state index contributed by atoms with van der Waals surface area (Å²) in [6.45, 7) is 0. The van der Waals surface area contributed by atoms with Gasteiger partial charge in [0, 0.05) is 8.95 Å². The van der Waals surface area contributed by atoms with Gasteiger partial charge >= 0.3 is 7.12 Å². The minimum Gasteiger partial charge on any atom is -0.423 e. The fraction of sp³-hybridized carbons (Fsp3) is 0. The Kier molecular flexibility index (Phi) is 13.1. The third kappa shape index (κ3) is 8.66. The molecule has 9 heteroatoms. The SMILES string of the molecule is Brc1c2ccccc2c(Br)c2ccccc12.Fc1cccc(-c2c3ccccc3c(-c3cccc(F)c3)c3ccccc23)c1.I.OB(O)c1cccc(F)c1. The van der Waals surface area contributed by atoms with Crippen molar-refractivity contribution in [3.8, 4) is 22.3 Å². The molecule has 0 saturated heterocycles. The first-order chi connectivity index (χ1) is 26.2. The third-order valence-corrected chi connectivity index (χ3v) is 10.8. The Bertz CT molecular complexity index is 2520. The lowest BCUT2D eigenvalue weighted by atomic mass is 9.80. The average molecular weight is 970 g/mol. The van der Waals surface area contributed by atoms with Gasteiger partial charge in [-0.3, -0.25) is 0 Å². The van der Waals surface area contributed by atoms with Crippen LogP contribution < -0.4 is 5.46 Å². The predicted octanol–water partition coefficient (Wildman–Crippen LogP) is 13.2. The van der Waals surface area contributed by atoms with Gasteiger partial charge in [-0.05, 0) is 139 Å². The van der Waals surface area contributed by atoms with Crippen molar-refractivity contribution in [3.63, 3.8) is 0 Å². The van der Waals surface area contributed by atoms with E-state index in [0.29, 0.717) is 0 Å². The second kappa shape index (κ2) is 18.0. The molecule has 2 N–H and O–H groups in total. The molecule has 0 saturated carbocycles. The molecular weight excluding hydrogens is 939 g/mol. The first-order valence-electron chi connectivity index (χ1n) is 17.0. The van der Waals surface area contributed by atoms with Crippen molar-refractivity contribution < 1.29 is 23.2 Å². The van der Waals surface area contributed by atoms with Gasteiger partial charge in [-0.15, -0.1) is 24.0 Å². The molecule has 0 aliphatic carbocycles. The summed E-state index contributed by atoms with van der Waals surface area (Å²) in [5.74, 6) is -0.995. The molecule has 0 heterocycles. The maximum atomic E-state index is 14.0. The van der Waals surface area contributed by atoms with Crippen LogP contribution in [0.15, 0.2) is 179 Å². The molecule has 0 bridgehead atoms. The topological polar surface area (TPSA) is 40.5 Å². The van der Waals surface area contributed by atoms with Gasteiger partial charge in [-0.25, -0.2) is 13.2 Å². The van der Waals surface area contributed by atoms with Crippen LogP contribution in [0, 0.1) is 17.5 Å². The summed E-state index contributed by atoms with van der Waals surface area (Å²) in [6, 6.07) is 51.4. The fourth-order valence-corrected chi connectivity index (χ4v) is 8.11. The third-order valence-electron chi connectivity index (χ3n) is 9.10. The van der Waals surface area contributed by atoms with Crippen molar-refractivity contribution in [2.45, 2.75) is 0 Å². The summed E-state index contributed by atoms with van der Waals surface area (Å²) in [4.78, 5) is 0. The Balaban J connectivity index is 0.000000160. The number of hydrogen-bond acceptors (Lipinski definition) is 2. The quantitative estimate of drug-likeness (QED) is 0.105. The zero-order chi connectivity index (χ0) is 37.8. The van der Waals surface area contributed by atoms with E-state index >= 15 is 0 Å². The highest BCUT2D eigenvalue weighted by Crippen LogP contribution is 2.44. The van der Waals surface area contributed by atoms with Crippen LogP contribution in [0.4, 0.5) is 13.2 Å². The molecule has 272 valence electrons. The Morgan fingerprint density at radius 1 is 0.364 bits per heavy atom. The van der Waals surface area contributed by atoms with E-state index in [0.717, 1.165) is 49.9 Å². The normalized spacial score (nSPS) is 10.7. The van der Waals surface area contributed by atoms with Crippen molar-refractivity contribution >= 4 is 112 Å². The molecule has 0 radical (unpaired) electrons. The monoisotopic (exact) mass is 968 g/mol. The van der Waals surface area contributed by atoms with Crippen LogP contribution in [0.2, 0.25) is 0 Å². The fourth-order valence-electron chi connectivity index (χ4n) is 6.73. The molecule has 9 aromatic carbocycles. The van der Waals surface area contributed by atoms with Crippen LogP contribution in [-0.2, 0) is 0 Å². The molecule has 55 heavy (non-hydrogen) atoms. The van der Waals surface area contributed by atoms with Gasteiger partial charge in [-0.2, -0.15) is 0 Å². The Hall–Kier alpha value is -4.52. The molecule has 0 aliphatic heterocycles. The molecule has 0 atom stereocenters. The number of halogens is 6. The molecule has 0 spiro atoms. The first-order valence-corrected chi connectivity index (χ1v) is 18.6. The van der Waals surface area contributed by atoms with Crippen LogP contribution in [-0.4, -0.2) is 17.2 Å². The van der Waals surface area contributed by atoms with Crippen molar-refractivity contribution in [1.82, 2.24) is 0 Å². The molecule has 0 aromatic heterocycles. The van der Waals surface area contributed by atoms with E-state index < -0.39 is 12.9 Å². The van der Waals surface area contributed by atoms with E-state index in [1.165, 1.54) is 60.8 Å². The second-order valence-corrected chi connectivity index (χ2v) is 14.1. The Morgan fingerprint density at radius 3 is 0.927 bits per heavy atom. The Morgan fingerprint density at radius 2 is 0.655 bits per heavy atom. The van der Waals surface area contributed by atoms with Gasteiger partial charge in [0.2, 0.25) is 0 Å². The lowest BCUT2D eigenvalue weighted by Crippen LogP contribution is -2.29. The zero-order valence-electron chi connectivity index (χ0n) is 28.9. The van der Waals surface area contributed by atoms with Crippen LogP contribution in [0.3, 0.4) is 0 Å². The highest BCUT2D eigenvalue weighted by atomic mass is 127. The number of benzene rings is 9. The molecule has 0 fully saturated rings. The van der Waals surface area contributed by atoms with Crippen LogP contribution >= 0.6 is 55.8 Å². The van der Waals surface area contributed by atoms with E-state index in [2.05, 4.69) is 80.4 Å². The lowest BCUT2D eigenvalue weighted by molar-refractivity contribution is 0.425. The van der Waals surface area contributed by atoms with Crippen LogP contribution in [0.25, 0.3) is 65.3 Å². The molecule has 2 nitrogen and oxygen atoms in total. The van der Waals surface area contributed by atoms with Crippen LogP contribution in [0.5, 0.6) is 0 Å². The van der Waals surface area contributed by atoms with E-state index in [1.54, 1.807) is 24.3 Å². The van der Waals surface area contributed by atoms with E-state index in [9.17, 15) is 13.2 Å². The summed E-state index contributed by atoms with van der Waals surface area (Å²) < 4.78 is 42.6.